The second kappa shape index (κ2) is 10.1. The molecular weight excluding hydrogens is 424 g/mol. The van der Waals surface area contributed by atoms with Gasteiger partial charge in [0, 0.05) is 13.1 Å². The molecule has 0 N–H and O–H groups in total. The van der Waals surface area contributed by atoms with Gasteiger partial charge in [-0.2, -0.15) is 0 Å². The lowest BCUT2D eigenvalue weighted by atomic mass is 10.3. The lowest BCUT2D eigenvalue weighted by Gasteiger charge is -2.24. The zero-order valence-corrected chi connectivity index (χ0v) is 19.5. The Kier molecular flexibility index (Phi) is 6.96. The van der Waals surface area contributed by atoms with Crippen molar-refractivity contribution in [2.75, 3.05) is 37.7 Å². The number of likely N-dealkylation sites (N-methyl/N-ethyl adjacent to an activating group) is 1. The Balaban J connectivity index is 1.65. The average Bonchev–Trinajstić information content (AvgIpc) is 3.42. The molecule has 0 saturated heterocycles. The van der Waals surface area contributed by atoms with Crippen LogP contribution in [0.4, 0.5) is 5.13 Å². The fourth-order valence-electron chi connectivity index (χ4n) is 3.65. The number of hydrogen-bond acceptors (Lipinski definition) is 7. The Morgan fingerprint density at radius 3 is 2.66 bits per heavy atom. The molecule has 1 amide bonds. The number of para-hydroxylation sites is 2. The molecular formula is C23H28N6O2S. The first-order chi connectivity index (χ1) is 15.6. The van der Waals surface area contributed by atoms with Gasteiger partial charge < -0.3 is 9.64 Å². The molecule has 2 aromatic heterocycles. The third-order valence-electron chi connectivity index (χ3n) is 5.44. The predicted molar refractivity (Wildman–Crippen MR) is 128 cm³/mol. The molecule has 0 saturated carbocycles. The summed E-state index contributed by atoms with van der Waals surface area (Å²) in [6.07, 6.45) is 0. The third-order valence-corrected chi connectivity index (χ3v) is 6.49. The van der Waals surface area contributed by atoms with Crippen molar-refractivity contribution in [1.82, 2.24) is 24.9 Å². The zero-order chi connectivity index (χ0) is 22.5. The minimum atomic E-state index is -0.0650. The number of hydrogen-bond donors (Lipinski definition) is 0. The van der Waals surface area contributed by atoms with Crippen LogP contribution in [0.3, 0.4) is 0 Å². The Morgan fingerprint density at radius 1 is 1.06 bits per heavy atom. The van der Waals surface area contributed by atoms with Crippen LogP contribution in [-0.2, 0) is 11.3 Å². The molecule has 4 rings (SSSR count). The summed E-state index contributed by atoms with van der Waals surface area (Å²) in [6, 6.07) is 13.5. The first kappa shape index (κ1) is 22.2. The Labute approximate surface area is 191 Å². The van der Waals surface area contributed by atoms with Crippen molar-refractivity contribution in [2.24, 2.45) is 0 Å². The van der Waals surface area contributed by atoms with Crippen molar-refractivity contribution in [2.45, 2.75) is 27.3 Å². The third kappa shape index (κ3) is 4.58. The molecule has 2 aromatic carbocycles. The minimum Gasteiger partial charge on any atom is -0.492 e. The van der Waals surface area contributed by atoms with Crippen LogP contribution in [0.1, 0.15) is 20.8 Å². The monoisotopic (exact) mass is 452 g/mol. The van der Waals surface area contributed by atoms with Crippen LogP contribution in [0.25, 0.3) is 21.3 Å². The summed E-state index contributed by atoms with van der Waals surface area (Å²) >= 11 is 1.51. The highest BCUT2D eigenvalue weighted by Gasteiger charge is 2.23. The number of ether oxygens (including phenoxy) is 1. The van der Waals surface area contributed by atoms with Crippen molar-refractivity contribution in [3.8, 4) is 5.75 Å². The highest BCUT2D eigenvalue weighted by molar-refractivity contribution is 7.22. The van der Waals surface area contributed by atoms with Gasteiger partial charge in [-0.1, -0.05) is 48.6 Å². The van der Waals surface area contributed by atoms with Gasteiger partial charge in [-0.15, -0.1) is 5.10 Å². The molecule has 9 heteroatoms. The topological polar surface area (TPSA) is 76.4 Å². The van der Waals surface area contributed by atoms with Crippen LogP contribution in [0, 0.1) is 0 Å². The lowest BCUT2D eigenvalue weighted by molar-refractivity contribution is -0.119. The summed E-state index contributed by atoms with van der Waals surface area (Å²) < 4.78 is 8.40. The Hall–Kier alpha value is -3.04. The van der Waals surface area contributed by atoms with Crippen LogP contribution in [0.5, 0.6) is 5.75 Å². The van der Waals surface area contributed by atoms with Gasteiger partial charge in [0.05, 0.1) is 16.8 Å². The summed E-state index contributed by atoms with van der Waals surface area (Å²) in [5.41, 5.74) is 2.41. The van der Waals surface area contributed by atoms with E-state index in [0.717, 1.165) is 46.6 Å². The van der Waals surface area contributed by atoms with Crippen LogP contribution in [0.2, 0.25) is 0 Å². The molecule has 0 spiro atoms. The number of carbonyl (C=O) groups excluding carboxylic acids is 1. The maximum atomic E-state index is 13.5. The normalized spacial score (nSPS) is 11.5. The fourth-order valence-corrected chi connectivity index (χ4v) is 4.68. The van der Waals surface area contributed by atoms with Crippen molar-refractivity contribution >= 4 is 43.6 Å². The number of thiazole rings is 1. The van der Waals surface area contributed by atoms with E-state index in [4.69, 9.17) is 9.72 Å². The van der Waals surface area contributed by atoms with Crippen molar-refractivity contribution in [3.05, 3.63) is 42.5 Å². The van der Waals surface area contributed by atoms with E-state index in [0.29, 0.717) is 18.3 Å². The lowest BCUT2D eigenvalue weighted by Crippen LogP contribution is -2.40. The van der Waals surface area contributed by atoms with Crippen molar-refractivity contribution < 1.29 is 9.53 Å². The smallest absolute Gasteiger partial charge is 0.250 e. The van der Waals surface area contributed by atoms with Gasteiger partial charge >= 0.3 is 0 Å². The first-order valence-corrected chi connectivity index (χ1v) is 11.8. The molecule has 2 heterocycles. The van der Waals surface area contributed by atoms with Crippen LogP contribution in [-0.4, -0.2) is 63.6 Å². The summed E-state index contributed by atoms with van der Waals surface area (Å²) in [7, 11) is 0. The number of carbonyl (C=O) groups is 1. The molecule has 0 aliphatic heterocycles. The molecule has 0 radical (unpaired) electrons. The van der Waals surface area contributed by atoms with Gasteiger partial charge in [-0.25, -0.2) is 9.67 Å². The van der Waals surface area contributed by atoms with E-state index in [1.54, 1.807) is 9.58 Å². The van der Waals surface area contributed by atoms with Gasteiger partial charge in [0.2, 0.25) is 0 Å². The van der Waals surface area contributed by atoms with E-state index in [1.165, 1.54) is 11.3 Å². The highest BCUT2D eigenvalue weighted by atomic mass is 32.1. The quantitative estimate of drug-likeness (QED) is 0.364. The second-order valence-electron chi connectivity index (χ2n) is 7.34. The summed E-state index contributed by atoms with van der Waals surface area (Å²) in [4.78, 5) is 22.4. The Bertz CT molecular complexity index is 1200. The SMILES string of the molecule is CCOc1cccc2sc(N(CCN(CC)CC)C(=O)Cn3nnc4ccccc43)nc12. The van der Waals surface area contributed by atoms with Crippen LogP contribution in [0.15, 0.2) is 42.5 Å². The number of fused-ring (bicyclic) bond motifs is 2. The molecule has 0 fully saturated rings. The molecule has 0 atom stereocenters. The van der Waals surface area contributed by atoms with E-state index in [9.17, 15) is 4.79 Å². The molecule has 32 heavy (non-hydrogen) atoms. The molecule has 0 bridgehead atoms. The fraction of sp³-hybridized carbons (Fsp3) is 0.391. The van der Waals surface area contributed by atoms with E-state index >= 15 is 0 Å². The van der Waals surface area contributed by atoms with Gasteiger partial charge in [0.25, 0.3) is 5.91 Å². The van der Waals surface area contributed by atoms with E-state index < -0.39 is 0 Å². The maximum Gasteiger partial charge on any atom is 0.250 e. The largest absolute Gasteiger partial charge is 0.492 e. The van der Waals surface area contributed by atoms with Gasteiger partial charge in [0.1, 0.15) is 23.3 Å². The standard InChI is InChI=1S/C23H28N6O2S/c1-4-27(5-2)14-15-28(21(30)16-29-18-11-8-7-10-17(18)25-26-29)23-24-22-19(31-6-3)12-9-13-20(22)32-23/h7-13H,4-6,14-16H2,1-3H3. The minimum absolute atomic E-state index is 0.0650. The first-order valence-electron chi connectivity index (χ1n) is 11.0. The van der Waals surface area contributed by atoms with Crippen LogP contribution < -0.4 is 9.64 Å². The van der Waals surface area contributed by atoms with E-state index in [-0.39, 0.29) is 12.5 Å². The molecule has 0 aliphatic carbocycles. The summed E-state index contributed by atoms with van der Waals surface area (Å²) in [5, 5.41) is 9.04. The number of amides is 1. The molecule has 0 aliphatic rings. The van der Waals surface area contributed by atoms with Gasteiger partial charge in [0.15, 0.2) is 5.13 Å². The number of aromatic nitrogens is 4. The zero-order valence-electron chi connectivity index (χ0n) is 18.7. The number of nitrogens with zero attached hydrogens (tertiary/aromatic N) is 6. The van der Waals surface area contributed by atoms with Gasteiger partial charge in [-0.05, 0) is 44.3 Å². The van der Waals surface area contributed by atoms with Crippen LogP contribution >= 0.6 is 11.3 Å². The number of rotatable bonds is 10. The van der Waals surface area contributed by atoms with Gasteiger partial charge in [-0.3, -0.25) is 9.69 Å². The van der Waals surface area contributed by atoms with Crippen molar-refractivity contribution in [3.63, 3.8) is 0 Å². The summed E-state index contributed by atoms with van der Waals surface area (Å²) in [6.45, 7) is 10.1. The molecule has 168 valence electrons. The highest BCUT2D eigenvalue weighted by Crippen LogP contribution is 2.34. The Morgan fingerprint density at radius 2 is 1.88 bits per heavy atom. The average molecular weight is 453 g/mol. The maximum absolute atomic E-state index is 13.5. The molecule has 0 unspecified atom stereocenters. The number of anilines is 1. The van der Waals surface area contributed by atoms with E-state index in [2.05, 4.69) is 29.1 Å². The summed E-state index contributed by atoms with van der Waals surface area (Å²) in [5.74, 6) is 0.677. The van der Waals surface area contributed by atoms with Crippen molar-refractivity contribution in [1.29, 1.82) is 0 Å². The number of benzene rings is 2. The van der Waals surface area contributed by atoms with E-state index in [1.807, 2.05) is 49.4 Å². The molecule has 8 nitrogen and oxygen atoms in total. The molecule has 4 aromatic rings. The second-order valence-corrected chi connectivity index (χ2v) is 8.35. The predicted octanol–water partition coefficient (Wildman–Crippen LogP) is 3.81.